The van der Waals surface area contributed by atoms with Crippen LogP contribution in [0.3, 0.4) is 0 Å². The molecule has 0 aliphatic rings. The average Bonchev–Trinajstić information content (AvgIpc) is 2.78. The quantitative estimate of drug-likeness (QED) is 0.741. The van der Waals surface area contributed by atoms with Crippen LogP contribution in [0.2, 0.25) is 0 Å². The van der Waals surface area contributed by atoms with E-state index in [1.54, 1.807) is 6.92 Å². The van der Waals surface area contributed by atoms with Gasteiger partial charge in [-0.05, 0) is 24.6 Å². The Bertz CT molecular complexity index is 522. The maximum Gasteiger partial charge on any atom is 0.354 e. The van der Waals surface area contributed by atoms with Crippen molar-refractivity contribution in [3.63, 3.8) is 0 Å². The van der Waals surface area contributed by atoms with Gasteiger partial charge in [0, 0.05) is 24.6 Å². The molecule has 0 radical (unpaired) electrons. The third kappa shape index (κ3) is 2.81. The molecule has 0 aliphatic heterocycles. The molecule has 6 nitrogen and oxygen atoms in total. The first-order valence-electron chi connectivity index (χ1n) is 5.09. The zero-order chi connectivity index (χ0) is 12.3. The summed E-state index contributed by atoms with van der Waals surface area (Å²) in [6.07, 6.45) is 3.66. The second-order valence-electron chi connectivity index (χ2n) is 3.60. The molecule has 0 saturated heterocycles. The number of aromatic carboxylic acids is 1. The Hall–Kier alpha value is -2.37. The van der Waals surface area contributed by atoms with Crippen LogP contribution in [0.4, 0.5) is 5.95 Å². The maximum absolute atomic E-state index is 10.8. The van der Waals surface area contributed by atoms with Crippen molar-refractivity contribution in [2.24, 2.45) is 0 Å². The molecule has 0 bridgehead atoms. The van der Waals surface area contributed by atoms with E-state index < -0.39 is 5.97 Å². The Labute approximate surface area is 97.7 Å². The maximum atomic E-state index is 10.8. The number of aromatic nitrogens is 3. The number of H-pyrrole nitrogens is 1. The molecule has 2 rings (SSSR count). The first-order valence-corrected chi connectivity index (χ1v) is 5.09. The number of aromatic amines is 1. The fraction of sp³-hybridized carbons (Fsp3) is 0.182. The Balaban J connectivity index is 2.13. The molecule has 0 saturated carbocycles. The molecule has 6 heteroatoms. The van der Waals surface area contributed by atoms with Crippen molar-refractivity contribution in [2.45, 2.75) is 13.5 Å². The summed E-state index contributed by atoms with van der Waals surface area (Å²) in [5.41, 5.74) is 1.66. The van der Waals surface area contributed by atoms with Crippen molar-refractivity contribution in [3.8, 4) is 0 Å². The fourth-order valence-corrected chi connectivity index (χ4v) is 1.41. The van der Waals surface area contributed by atoms with E-state index in [1.165, 1.54) is 6.07 Å². The summed E-state index contributed by atoms with van der Waals surface area (Å²) in [7, 11) is 0. The third-order valence-electron chi connectivity index (χ3n) is 2.19. The average molecular weight is 232 g/mol. The lowest BCUT2D eigenvalue weighted by Gasteiger charge is -2.05. The van der Waals surface area contributed by atoms with Gasteiger partial charge >= 0.3 is 5.97 Å². The van der Waals surface area contributed by atoms with Gasteiger partial charge in [-0.1, -0.05) is 0 Å². The van der Waals surface area contributed by atoms with Gasteiger partial charge in [0.2, 0.25) is 5.95 Å². The lowest BCUT2D eigenvalue weighted by molar-refractivity contribution is 0.0690. The number of carboxylic acid groups (broad SMARTS) is 1. The fourth-order valence-electron chi connectivity index (χ4n) is 1.41. The predicted octanol–water partition coefficient (Wildman–Crippen LogP) is 1.42. The number of nitrogens with zero attached hydrogens (tertiary/aromatic N) is 2. The second kappa shape index (κ2) is 4.65. The number of hydrogen-bond acceptors (Lipinski definition) is 4. The summed E-state index contributed by atoms with van der Waals surface area (Å²) >= 11 is 0. The molecule has 2 aromatic rings. The van der Waals surface area contributed by atoms with Gasteiger partial charge in [0.05, 0.1) is 0 Å². The van der Waals surface area contributed by atoms with Crippen LogP contribution in [0, 0.1) is 6.92 Å². The molecular formula is C11H12N4O2. The SMILES string of the molecule is Cc1cc(C(=O)O)nc(NCc2cc[nH]c2)n1. The minimum absolute atomic E-state index is 0.00549. The van der Waals surface area contributed by atoms with Gasteiger partial charge in [0.1, 0.15) is 0 Å². The van der Waals surface area contributed by atoms with Gasteiger partial charge in [-0.3, -0.25) is 0 Å². The van der Waals surface area contributed by atoms with Gasteiger partial charge < -0.3 is 15.4 Å². The molecular weight excluding hydrogens is 220 g/mol. The smallest absolute Gasteiger partial charge is 0.354 e. The number of carboxylic acids is 1. The summed E-state index contributed by atoms with van der Waals surface area (Å²) in [5, 5.41) is 11.8. The van der Waals surface area contributed by atoms with Crippen molar-refractivity contribution in [2.75, 3.05) is 5.32 Å². The van der Waals surface area contributed by atoms with Crippen molar-refractivity contribution < 1.29 is 9.90 Å². The number of aryl methyl sites for hydroxylation is 1. The first-order chi connectivity index (χ1) is 8.15. The normalized spacial score (nSPS) is 10.2. The van der Waals surface area contributed by atoms with Crippen LogP contribution in [0.1, 0.15) is 21.7 Å². The Morgan fingerprint density at radius 3 is 3.00 bits per heavy atom. The highest BCUT2D eigenvalue weighted by atomic mass is 16.4. The standard InChI is InChI=1S/C11H12N4O2/c1-7-4-9(10(16)17)15-11(14-7)13-6-8-2-3-12-5-8/h2-5,12H,6H2,1H3,(H,16,17)(H,13,14,15). The molecule has 17 heavy (non-hydrogen) atoms. The van der Waals surface area contributed by atoms with E-state index in [1.807, 2.05) is 18.5 Å². The number of nitrogens with one attached hydrogen (secondary N) is 2. The molecule has 0 aliphatic carbocycles. The Kier molecular flexibility index (Phi) is 3.04. The number of carbonyl (C=O) groups is 1. The van der Waals surface area contributed by atoms with E-state index in [0.717, 1.165) is 5.56 Å². The van der Waals surface area contributed by atoms with Gasteiger partial charge in [-0.25, -0.2) is 14.8 Å². The summed E-state index contributed by atoms with van der Waals surface area (Å²) < 4.78 is 0. The predicted molar refractivity (Wildman–Crippen MR) is 61.8 cm³/mol. The minimum atomic E-state index is -1.06. The lowest BCUT2D eigenvalue weighted by atomic mass is 10.3. The third-order valence-corrected chi connectivity index (χ3v) is 2.19. The van der Waals surface area contributed by atoms with E-state index in [9.17, 15) is 4.79 Å². The van der Waals surface area contributed by atoms with Crippen LogP contribution in [-0.2, 0) is 6.54 Å². The van der Waals surface area contributed by atoms with Crippen molar-refractivity contribution in [3.05, 3.63) is 41.5 Å². The van der Waals surface area contributed by atoms with Crippen LogP contribution < -0.4 is 5.32 Å². The van der Waals surface area contributed by atoms with Gasteiger partial charge in [0.15, 0.2) is 5.69 Å². The molecule has 0 spiro atoms. The number of rotatable bonds is 4. The molecule has 0 atom stereocenters. The van der Waals surface area contributed by atoms with E-state index in [-0.39, 0.29) is 5.69 Å². The molecule has 88 valence electrons. The summed E-state index contributed by atoms with van der Waals surface area (Å²) in [6.45, 7) is 2.28. The highest BCUT2D eigenvalue weighted by Gasteiger charge is 2.08. The molecule has 3 N–H and O–H groups in total. The van der Waals surface area contributed by atoms with Crippen LogP contribution in [0.25, 0.3) is 0 Å². The first kappa shape index (κ1) is 11.1. The molecule has 0 unspecified atom stereocenters. The van der Waals surface area contributed by atoms with E-state index in [0.29, 0.717) is 18.2 Å². The molecule has 0 amide bonds. The topological polar surface area (TPSA) is 90.9 Å². The summed E-state index contributed by atoms with van der Waals surface area (Å²) in [5.74, 6) is -0.733. The highest BCUT2D eigenvalue weighted by molar-refractivity contribution is 5.85. The molecule has 0 fully saturated rings. The van der Waals surface area contributed by atoms with Gasteiger partial charge in [-0.15, -0.1) is 0 Å². The monoisotopic (exact) mass is 232 g/mol. The van der Waals surface area contributed by atoms with Crippen LogP contribution in [0.5, 0.6) is 0 Å². The summed E-state index contributed by atoms with van der Waals surface area (Å²) in [4.78, 5) is 21.8. The molecule has 2 heterocycles. The number of anilines is 1. The Morgan fingerprint density at radius 2 is 2.35 bits per heavy atom. The van der Waals surface area contributed by atoms with E-state index in [4.69, 9.17) is 5.11 Å². The highest BCUT2D eigenvalue weighted by Crippen LogP contribution is 2.07. The van der Waals surface area contributed by atoms with E-state index >= 15 is 0 Å². The minimum Gasteiger partial charge on any atom is -0.477 e. The number of hydrogen-bond donors (Lipinski definition) is 3. The van der Waals surface area contributed by atoms with Gasteiger partial charge in [0.25, 0.3) is 0 Å². The molecule has 2 aromatic heterocycles. The Morgan fingerprint density at radius 1 is 1.53 bits per heavy atom. The van der Waals surface area contributed by atoms with Crippen molar-refractivity contribution in [1.29, 1.82) is 0 Å². The van der Waals surface area contributed by atoms with Crippen LogP contribution in [0.15, 0.2) is 24.5 Å². The molecule has 0 aromatic carbocycles. The largest absolute Gasteiger partial charge is 0.477 e. The summed E-state index contributed by atoms with van der Waals surface area (Å²) in [6, 6.07) is 3.35. The van der Waals surface area contributed by atoms with Crippen LogP contribution in [-0.4, -0.2) is 26.0 Å². The zero-order valence-electron chi connectivity index (χ0n) is 9.27. The zero-order valence-corrected chi connectivity index (χ0v) is 9.27. The van der Waals surface area contributed by atoms with Crippen molar-refractivity contribution >= 4 is 11.9 Å². The van der Waals surface area contributed by atoms with Gasteiger partial charge in [-0.2, -0.15) is 0 Å². The van der Waals surface area contributed by atoms with Crippen molar-refractivity contribution in [1.82, 2.24) is 15.0 Å². The second-order valence-corrected chi connectivity index (χ2v) is 3.60. The van der Waals surface area contributed by atoms with E-state index in [2.05, 4.69) is 20.3 Å². The van der Waals surface area contributed by atoms with Crippen LogP contribution >= 0.6 is 0 Å². The lowest BCUT2D eigenvalue weighted by Crippen LogP contribution is -2.08.